The molecule has 4 heterocycles. The van der Waals surface area contributed by atoms with Crippen LogP contribution in [0.25, 0.3) is 22.8 Å². The van der Waals surface area contributed by atoms with Gasteiger partial charge in [-0.25, -0.2) is 18.2 Å². The van der Waals surface area contributed by atoms with Crippen molar-refractivity contribution in [2.24, 2.45) is 5.92 Å². The predicted molar refractivity (Wildman–Crippen MR) is 146 cm³/mol. The van der Waals surface area contributed by atoms with Crippen LogP contribution in [0.4, 0.5) is 13.2 Å². The Hall–Kier alpha value is -4.42. The smallest absolute Gasteiger partial charge is 0.280 e. The first-order chi connectivity index (χ1) is 20.3. The Morgan fingerprint density at radius 2 is 1.86 bits per heavy atom. The van der Waals surface area contributed by atoms with Gasteiger partial charge >= 0.3 is 0 Å². The van der Waals surface area contributed by atoms with E-state index in [1.807, 2.05) is 6.92 Å². The Morgan fingerprint density at radius 3 is 2.60 bits per heavy atom. The standard InChI is InChI=1S/C29H23ClF3N5O4/c1-15-12-40-14-24(15)38-26(35-36-29(38)25-11-27(39)37-42-25)8-17-7-22(33)19(10-21(17)32)23-3-2-4-28(34-23)41-13-16-5-6-18(30)9-20(16)31/h2-7,9-11,15,24H,8,12-14H2,1H3,(H,37,39)/t15-,24-/m1/s1. The van der Waals surface area contributed by atoms with Gasteiger partial charge in [-0.1, -0.05) is 30.7 Å². The summed E-state index contributed by atoms with van der Waals surface area (Å²) in [7, 11) is 0. The van der Waals surface area contributed by atoms with Crippen LogP contribution in [-0.2, 0) is 17.8 Å². The highest BCUT2D eigenvalue weighted by Crippen LogP contribution is 2.33. The maximum Gasteiger partial charge on any atom is 0.280 e. The van der Waals surface area contributed by atoms with Gasteiger partial charge in [0.1, 0.15) is 29.9 Å². The largest absolute Gasteiger partial charge is 0.473 e. The molecular weight excluding hydrogens is 575 g/mol. The summed E-state index contributed by atoms with van der Waals surface area (Å²) in [5.74, 6) is -0.929. The zero-order chi connectivity index (χ0) is 29.4. The molecule has 6 rings (SSSR count). The number of pyridine rings is 1. The molecule has 0 saturated carbocycles. The van der Waals surface area contributed by atoms with E-state index in [4.69, 9.17) is 25.6 Å². The molecule has 1 N–H and O–H groups in total. The number of aromatic nitrogens is 5. The predicted octanol–water partition coefficient (Wildman–Crippen LogP) is 5.74. The number of hydrogen-bond donors (Lipinski definition) is 1. The molecule has 1 saturated heterocycles. The average Bonchev–Trinajstić information content (AvgIpc) is 3.69. The van der Waals surface area contributed by atoms with Gasteiger partial charge in [0, 0.05) is 34.6 Å². The molecule has 216 valence electrons. The topological polar surface area (TPSA) is 108 Å². The first kappa shape index (κ1) is 27.7. The van der Waals surface area contributed by atoms with Gasteiger partial charge < -0.3 is 18.6 Å². The number of ether oxygens (including phenoxy) is 2. The molecule has 0 unspecified atom stereocenters. The minimum atomic E-state index is -0.708. The number of aromatic amines is 1. The number of nitrogens with zero attached hydrogens (tertiary/aromatic N) is 4. The van der Waals surface area contributed by atoms with Crippen molar-refractivity contribution in [3.63, 3.8) is 0 Å². The highest BCUT2D eigenvalue weighted by atomic mass is 35.5. The van der Waals surface area contributed by atoms with Crippen LogP contribution < -0.4 is 10.3 Å². The molecule has 1 aliphatic heterocycles. The number of halogens is 4. The van der Waals surface area contributed by atoms with E-state index in [1.54, 1.807) is 10.6 Å². The molecular formula is C29H23ClF3N5O4. The summed E-state index contributed by atoms with van der Waals surface area (Å²) in [5.41, 5.74) is -0.0726. The molecule has 2 atom stereocenters. The zero-order valence-electron chi connectivity index (χ0n) is 22.1. The van der Waals surface area contributed by atoms with Gasteiger partial charge in [0.05, 0.1) is 31.0 Å². The lowest BCUT2D eigenvalue weighted by atomic mass is 10.0. The van der Waals surface area contributed by atoms with E-state index < -0.39 is 23.0 Å². The highest BCUT2D eigenvalue weighted by molar-refractivity contribution is 6.30. The first-order valence-corrected chi connectivity index (χ1v) is 13.4. The minimum Gasteiger partial charge on any atom is -0.473 e. The van der Waals surface area contributed by atoms with Gasteiger partial charge in [0.15, 0.2) is 0 Å². The van der Waals surface area contributed by atoms with E-state index in [1.165, 1.54) is 36.4 Å². The summed E-state index contributed by atoms with van der Waals surface area (Å²) < 4.78 is 63.1. The zero-order valence-corrected chi connectivity index (χ0v) is 22.9. The second kappa shape index (κ2) is 11.5. The van der Waals surface area contributed by atoms with Crippen molar-refractivity contribution >= 4 is 11.6 Å². The second-order valence-corrected chi connectivity index (χ2v) is 10.4. The average molecular weight is 598 g/mol. The number of nitrogens with one attached hydrogen (secondary N) is 1. The maximum absolute atomic E-state index is 15.4. The van der Waals surface area contributed by atoms with Crippen LogP contribution in [0, 0.1) is 23.4 Å². The fraction of sp³-hybridized carbons (Fsp3) is 0.241. The quantitative estimate of drug-likeness (QED) is 0.243. The summed E-state index contributed by atoms with van der Waals surface area (Å²) >= 11 is 5.79. The molecule has 3 aromatic heterocycles. The van der Waals surface area contributed by atoms with E-state index >= 15 is 8.78 Å². The van der Waals surface area contributed by atoms with E-state index in [2.05, 4.69) is 20.3 Å². The Morgan fingerprint density at radius 1 is 1.02 bits per heavy atom. The van der Waals surface area contributed by atoms with Crippen molar-refractivity contribution in [3.05, 3.63) is 104 Å². The van der Waals surface area contributed by atoms with Crippen LogP contribution in [0.3, 0.4) is 0 Å². The van der Waals surface area contributed by atoms with Crippen molar-refractivity contribution in [3.8, 4) is 28.7 Å². The Labute approximate surface area is 241 Å². The van der Waals surface area contributed by atoms with Gasteiger partial charge in [-0.05, 0) is 35.9 Å². The molecule has 1 fully saturated rings. The lowest BCUT2D eigenvalue weighted by molar-refractivity contribution is 0.182. The lowest BCUT2D eigenvalue weighted by Gasteiger charge is -2.19. The molecule has 0 bridgehead atoms. The molecule has 13 heteroatoms. The van der Waals surface area contributed by atoms with Crippen LogP contribution >= 0.6 is 11.6 Å². The summed E-state index contributed by atoms with van der Waals surface area (Å²) in [5, 5.41) is 10.9. The van der Waals surface area contributed by atoms with Crippen molar-refractivity contribution in [2.45, 2.75) is 26.0 Å². The number of benzene rings is 2. The van der Waals surface area contributed by atoms with Crippen LogP contribution in [-0.4, -0.2) is 38.1 Å². The van der Waals surface area contributed by atoms with E-state index in [-0.39, 0.29) is 69.9 Å². The van der Waals surface area contributed by atoms with Crippen molar-refractivity contribution in [1.29, 1.82) is 0 Å². The van der Waals surface area contributed by atoms with Crippen molar-refractivity contribution in [2.75, 3.05) is 13.2 Å². The van der Waals surface area contributed by atoms with Crippen LogP contribution in [0.15, 0.2) is 63.9 Å². The third-order valence-corrected chi connectivity index (χ3v) is 7.28. The third kappa shape index (κ3) is 5.55. The lowest BCUT2D eigenvalue weighted by Crippen LogP contribution is -2.19. The van der Waals surface area contributed by atoms with Gasteiger partial charge in [-0.2, -0.15) is 5.16 Å². The number of H-pyrrole nitrogens is 1. The monoisotopic (exact) mass is 597 g/mol. The molecule has 0 spiro atoms. The molecule has 0 radical (unpaired) electrons. The van der Waals surface area contributed by atoms with Gasteiger partial charge in [-0.3, -0.25) is 4.79 Å². The number of hydrogen-bond acceptors (Lipinski definition) is 7. The van der Waals surface area contributed by atoms with Crippen LogP contribution in [0.5, 0.6) is 5.88 Å². The molecule has 0 aliphatic carbocycles. The van der Waals surface area contributed by atoms with Gasteiger partial charge in [0.2, 0.25) is 17.5 Å². The third-order valence-electron chi connectivity index (χ3n) is 7.04. The Balaban J connectivity index is 1.27. The highest BCUT2D eigenvalue weighted by Gasteiger charge is 2.32. The summed E-state index contributed by atoms with van der Waals surface area (Å²) in [6.07, 6.45) is -0.0862. The van der Waals surface area contributed by atoms with Crippen molar-refractivity contribution < 1.29 is 27.2 Å². The molecule has 0 amide bonds. The number of rotatable bonds is 8. The summed E-state index contributed by atoms with van der Waals surface area (Å²) in [4.78, 5) is 16.0. The summed E-state index contributed by atoms with van der Waals surface area (Å²) in [6, 6.07) is 12.0. The maximum atomic E-state index is 15.4. The van der Waals surface area contributed by atoms with Crippen LogP contribution in [0.1, 0.15) is 29.9 Å². The summed E-state index contributed by atoms with van der Waals surface area (Å²) in [6.45, 7) is 2.72. The van der Waals surface area contributed by atoms with E-state index in [9.17, 15) is 9.18 Å². The van der Waals surface area contributed by atoms with E-state index in [0.717, 1.165) is 12.1 Å². The molecule has 9 nitrogen and oxygen atoms in total. The first-order valence-electron chi connectivity index (χ1n) is 13.0. The Bertz CT molecular complexity index is 1820. The molecule has 2 aromatic carbocycles. The Kier molecular flexibility index (Phi) is 7.56. The fourth-order valence-corrected chi connectivity index (χ4v) is 5.02. The van der Waals surface area contributed by atoms with Crippen LogP contribution in [0.2, 0.25) is 5.02 Å². The normalized spacial score (nSPS) is 16.7. The second-order valence-electron chi connectivity index (χ2n) is 9.95. The molecule has 42 heavy (non-hydrogen) atoms. The SMILES string of the molecule is C[C@@H]1COC[C@H]1n1c(Cc2cc(F)c(-c3cccc(OCc4ccc(Cl)cc4F)n3)cc2F)nnc1-c1cc(=O)[nH]o1. The van der Waals surface area contributed by atoms with E-state index in [0.29, 0.717) is 19.0 Å². The minimum absolute atomic E-state index is 0.0455. The van der Waals surface area contributed by atoms with Gasteiger partial charge in [0.25, 0.3) is 5.56 Å². The fourth-order valence-electron chi connectivity index (χ4n) is 4.86. The van der Waals surface area contributed by atoms with Gasteiger partial charge in [-0.15, -0.1) is 10.2 Å². The van der Waals surface area contributed by atoms with Crippen molar-refractivity contribution in [1.82, 2.24) is 24.9 Å². The molecule has 1 aliphatic rings. The molecule has 5 aromatic rings.